The molecule has 6 N–H and O–H groups in total. The summed E-state index contributed by atoms with van der Waals surface area (Å²) in [4.78, 5) is 12.7. The maximum Gasteiger partial charge on any atom is 0.228 e. The van der Waals surface area contributed by atoms with Gasteiger partial charge < -0.3 is 44.5 Å². The number of fused-ring (bicyclic) bond motifs is 1. The van der Waals surface area contributed by atoms with Crippen molar-refractivity contribution in [1.29, 1.82) is 0 Å². The molecule has 0 amide bonds. The number of rotatable bonds is 4. The van der Waals surface area contributed by atoms with Crippen LogP contribution in [0.2, 0.25) is 0 Å². The minimum absolute atomic E-state index is 0.0436. The number of aliphatic hydroxyl groups is 3. The molecule has 0 saturated carbocycles. The van der Waals surface area contributed by atoms with Gasteiger partial charge in [-0.05, 0) is 37.3 Å². The number of hydrogen-bond donors (Lipinski definition) is 6. The summed E-state index contributed by atoms with van der Waals surface area (Å²) in [5, 5.41) is 59.8. The van der Waals surface area contributed by atoms with E-state index < -0.39 is 47.6 Å². The van der Waals surface area contributed by atoms with Crippen molar-refractivity contribution >= 4 is 17.0 Å². The predicted octanol–water partition coefficient (Wildman–Crippen LogP) is 1.39. The number of ether oxygens (including phenoxy) is 2. The van der Waals surface area contributed by atoms with E-state index in [0.717, 1.165) is 18.4 Å². The van der Waals surface area contributed by atoms with Gasteiger partial charge in [0.1, 0.15) is 52.3 Å². The van der Waals surface area contributed by atoms with Crippen LogP contribution in [0, 0.1) is 0 Å². The molecule has 0 bridgehead atoms. The van der Waals surface area contributed by atoms with E-state index in [9.17, 15) is 35.4 Å². The number of phenols is 3. The fourth-order valence-corrected chi connectivity index (χ4v) is 3.55. The van der Waals surface area contributed by atoms with Crippen molar-refractivity contribution in [2.45, 2.75) is 37.6 Å². The summed E-state index contributed by atoms with van der Waals surface area (Å²) in [6, 6.07) is 8.29. The molecular weight excluding hydrogens is 436 g/mol. The Morgan fingerprint density at radius 2 is 1.67 bits per heavy atom. The zero-order chi connectivity index (χ0) is 23.9. The zero-order valence-electron chi connectivity index (χ0n) is 17.3. The van der Waals surface area contributed by atoms with Gasteiger partial charge in [-0.25, -0.2) is 0 Å². The predicted molar refractivity (Wildman–Crippen MR) is 115 cm³/mol. The van der Waals surface area contributed by atoms with Crippen LogP contribution in [0.25, 0.3) is 28.4 Å². The molecule has 1 saturated heterocycles. The second-order valence-electron chi connectivity index (χ2n) is 7.67. The first kappa shape index (κ1) is 22.6. The van der Waals surface area contributed by atoms with Crippen molar-refractivity contribution in [3.8, 4) is 28.6 Å². The molecule has 33 heavy (non-hydrogen) atoms. The smallest absolute Gasteiger partial charge is 0.228 e. The van der Waals surface area contributed by atoms with Crippen LogP contribution in [-0.4, -0.2) is 61.3 Å². The van der Waals surface area contributed by atoms with Crippen molar-refractivity contribution in [2.24, 2.45) is 0 Å². The Morgan fingerprint density at radius 1 is 0.970 bits per heavy atom. The average molecular weight is 458 g/mol. The van der Waals surface area contributed by atoms with E-state index in [0.29, 0.717) is 5.56 Å². The maximum absolute atomic E-state index is 12.7. The Labute approximate surface area is 186 Å². The molecule has 2 aromatic carbocycles. The molecule has 3 aromatic rings. The monoisotopic (exact) mass is 458 g/mol. The van der Waals surface area contributed by atoms with E-state index >= 15 is 0 Å². The van der Waals surface area contributed by atoms with E-state index in [4.69, 9.17) is 13.9 Å². The van der Waals surface area contributed by atoms with Gasteiger partial charge in [0.25, 0.3) is 0 Å². The first-order valence-electron chi connectivity index (χ1n) is 10.0. The van der Waals surface area contributed by atoms with E-state index in [1.165, 1.54) is 25.1 Å². The number of hydrogen-bond acceptors (Lipinski definition) is 10. The summed E-state index contributed by atoms with van der Waals surface area (Å²) >= 11 is 0. The van der Waals surface area contributed by atoms with Crippen LogP contribution in [0.3, 0.4) is 0 Å². The second-order valence-corrected chi connectivity index (χ2v) is 7.67. The van der Waals surface area contributed by atoms with Gasteiger partial charge in [-0.2, -0.15) is 0 Å². The Balaban J connectivity index is 1.64. The van der Waals surface area contributed by atoms with Crippen LogP contribution < -0.4 is 5.43 Å². The van der Waals surface area contributed by atoms with Crippen molar-refractivity contribution in [3.05, 3.63) is 58.4 Å². The highest BCUT2D eigenvalue weighted by molar-refractivity contribution is 5.90. The first-order valence-corrected chi connectivity index (χ1v) is 10.0. The van der Waals surface area contributed by atoms with Gasteiger partial charge in [-0.3, -0.25) is 4.79 Å². The van der Waals surface area contributed by atoms with Crippen molar-refractivity contribution in [1.82, 2.24) is 0 Å². The molecule has 10 heteroatoms. The highest BCUT2D eigenvalue weighted by Crippen LogP contribution is 2.36. The summed E-state index contributed by atoms with van der Waals surface area (Å²) in [6.45, 7) is 1.49. The fourth-order valence-electron chi connectivity index (χ4n) is 3.55. The molecule has 5 atom stereocenters. The molecule has 4 rings (SSSR count). The molecule has 1 fully saturated rings. The van der Waals surface area contributed by atoms with Crippen LogP contribution in [-0.2, 0) is 9.47 Å². The minimum Gasteiger partial charge on any atom is -0.508 e. The lowest BCUT2D eigenvalue weighted by atomic mass is 10.0. The third-order valence-corrected chi connectivity index (χ3v) is 5.42. The van der Waals surface area contributed by atoms with E-state index in [2.05, 4.69) is 0 Å². The summed E-state index contributed by atoms with van der Waals surface area (Å²) in [6.07, 6.45) is -4.27. The molecule has 0 unspecified atom stereocenters. The number of aromatic hydroxyl groups is 3. The SMILES string of the molecule is C[C@@H]1O[C@@H](OC=Cc2c(O)cc3oc(-c4ccc(O)cc4)cc(=O)c3c2O)[C@H](O)[C@H](O)[C@H]1O. The maximum atomic E-state index is 12.7. The van der Waals surface area contributed by atoms with Crippen LogP contribution >= 0.6 is 0 Å². The average Bonchev–Trinajstić information content (AvgIpc) is 2.77. The van der Waals surface area contributed by atoms with E-state index in [1.807, 2.05) is 0 Å². The molecular formula is C23H22O10. The molecule has 0 radical (unpaired) electrons. The van der Waals surface area contributed by atoms with Gasteiger partial charge in [-0.15, -0.1) is 0 Å². The lowest BCUT2D eigenvalue weighted by molar-refractivity contribution is -0.278. The molecule has 1 aromatic heterocycles. The normalized spacial score (nSPS) is 25.5. The largest absolute Gasteiger partial charge is 0.508 e. The number of benzene rings is 2. The van der Waals surface area contributed by atoms with Gasteiger partial charge >= 0.3 is 0 Å². The van der Waals surface area contributed by atoms with Crippen LogP contribution in [0.4, 0.5) is 0 Å². The molecule has 10 nitrogen and oxygen atoms in total. The standard InChI is InChI=1S/C23H22O10/c1-10-19(27)21(29)22(30)23(32-10)31-7-6-13-14(25)8-17-18(20(13)28)15(26)9-16(33-17)11-2-4-12(24)5-3-11/h2-10,19,21-25,27-30H,1H3/t10-,19-,21+,22+,23+/m0/s1. The van der Waals surface area contributed by atoms with Gasteiger partial charge in [0.2, 0.25) is 6.29 Å². The Morgan fingerprint density at radius 3 is 2.36 bits per heavy atom. The lowest BCUT2D eigenvalue weighted by Gasteiger charge is -2.38. The van der Waals surface area contributed by atoms with E-state index in [1.54, 1.807) is 12.1 Å². The van der Waals surface area contributed by atoms with Crippen molar-refractivity contribution < 1.29 is 44.5 Å². The highest BCUT2D eigenvalue weighted by Gasteiger charge is 2.42. The molecule has 0 aliphatic carbocycles. The van der Waals surface area contributed by atoms with Crippen LogP contribution in [0.5, 0.6) is 17.2 Å². The van der Waals surface area contributed by atoms with Gasteiger partial charge in [0.15, 0.2) is 5.43 Å². The molecule has 174 valence electrons. The summed E-state index contributed by atoms with van der Waals surface area (Å²) in [5.41, 5.74) is -0.262. The molecule has 0 spiro atoms. The molecule has 1 aliphatic heterocycles. The van der Waals surface area contributed by atoms with Crippen LogP contribution in [0.1, 0.15) is 12.5 Å². The summed E-state index contributed by atoms with van der Waals surface area (Å²) < 4.78 is 16.2. The van der Waals surface area contributed by atoms with E-state index in [-0.39, 0.29) is 28.0 Å². The minimum atomic E-state index is -1.54. The fraction of sp³-hybridized carbons (Fsp3) is 0.261. The third-order valence-electron chi connectivity index (χ3n) is 5.42. The molecule has 1 aliphatic rings. The van der Waals surface area contributed by atoms with Gasteiger partial charge in [0.05, 0.1) is 17.9 Å². The Hall–Kier alpha value is -3.57. The number of aliphatic hydroxyl groups excluding tert-OH is 3. The van der Waals surface area contributed by atoms with Crippen LogP contribution in [0.15, 0.2) is 51.9 Å². The lowest BCUT2D eigenvalue weighted by Crippen LogP contribution is -2.56. The second kappa shape index (κ2) is 8.75. The topological polar surface area (TPSA) is 170 Å². The van der Waals surface area contributed by atoms with Gasteiger partial charge in [0, 0.05) is 17.7 Å². The summed E-state index contributed by atoms with van der Waals surface area (Å²) in [7, 11) is 0. The highest BCUT2D eigenvalue weighted by atomic mass is 16.7. The summed E-state index contributed by atoms with van der Waals surface area (Å²) in [5.74, 6) is -0.747. The first-order chi connectivity index (χ1) is 15.7. The quantitative estimate of drug-likeness (QED) is 0.314. The van der Waals surface area contributed by atoms with Gasteiger partial charge in [-0.1, -0.05) is 0 Å². The van der Waals surface area contributed by atoms with Crippen molar-refractivity contribution in [3.63, 3.8) is 0 Å². The van der Waals surface area contributed by atoms with Crippen molar-refractivity contribution in [2.75, 3.05) is 0 Å². The molecule has 2 heterocycles. The Bertz CT molecular complexity index is 1250. The number of phenolic OH excluding ortho intramolecular Hbond substituents is 3. The zero-order valence-corrected chi connectivity index (χ0v) is 17.3. The third kappa shape index (κ3) is 4.24. The Kier molecular flexibility index (Phi) is 6.00.